The summed E-state index contributed by atoms with van der Waals surface area (Å²) in [5, 5.41) is 6.70. The first-order chi connectivity index (χ1) is 13.0. The molecule has 1 saturated heterocycles. The summed E-state index contributed by atoms with van der Waals surface area (Å²) < 4.78 is 10.6. The molecule has 1 aliphatic heterocycles. The van der Waals surface area contributed by atoms with Crippen LogP contribution in [-0.2, 0) is 9.53 Å². The Labute approximate surface area is 158 Å². The van der Waals surface area contributed by atoms with E-state index in [1.165, 1.54) is 0 Å². The second-order valence-corrected chi connectivity index (χ2v) is 7.04. The Morgan fingerprint density at radius 2 is 1.89 bits per heavy atom. The number of ether oxygens (including phenoxy) is 1. The number of amides is 2. The summed E-state index contributed by atoms with van der Waals surface area (Å²) in [5.41, 5.74) is 1.00. The minimum absolute atomic E-state index is 0.0767. The van der Waals surface area contributed by atoms with Gasteiger partial charge in [0.2, 0.25) is 5.91 Å². The molecule has 2 heterocycles. The minimum atomic E-state index is -0.590. The fourth-order valence-electron chi connectivity index (χ4n) is 3.05. The molecule has 0 radical (unpaired) electrons. The lowest BCUT2D eigenvalue weighted by Gasteiger charge is -2.31. The van der Waals surface area contributed by atoms with Crippen LogP contribution in [0.4, 0.5) is 0 Å². The molecule has 27 heavy (non-hydrogen) atoms. The van der Waals surface area contributed by atoms with E-state index in [1.54, 1.807) is 11.0 Å². The number of nitrogens with one attached hydrogen (secondary N) is 1. The summed E-state index contributed by atoms with van der Waals surface area (Å²) >= 11 is 0. The fraction of sp³-hybridized carbons (Fsp3) is 0.450. The summed E-state index contributed by atoms with van der Waals surface area (Å²) in [4.78, 5) is 27.2. The Bertz CT molecular complexity index is 767. The number of morpholine rings is 1. The molecule has 2 aromatic rings. The molecule has 7 nitrogen and oxygen atoms in total. The molecule has 7 heteroatoms. The molecule has 3 rings (SSSR count). The van der Waals surface area contributed by atoms with Crippen molar-refractivity contribution in [2.45, 2.75) is 26.3 Å². The smallest absolute Gasteiger partial charge is 0.274 e. The maximum absolute atomic E-state index is 12.8. The summed E-state index contributed by atoms with van der Waals surface area (Å²) in [7, 11) is 0. The minimum Gasteiger partial charge on any atom is -0.378 e. The van der Waals surface area contributed by atoms with Gasteiger partial charge in [-0.15, -0.1) is 0 Å². The largest absolute Gasteiger partial charge is 0.378 e. The standard InChI is InChI=1S/C20H25N3O4/c1-14(2)12-17(20(25)23-8-10-26-11-9-23)21-19(24)16-13-18(27-22-16)15-6-4-3-5-7-15/h3-7,13-14,17H,8-12H2,1-2H3,(H,21,24)/t17-/m0/s1. The van der Waals surface area contributed by atoms with Gasteiger partial charge in [-0.3, -0.25) is 9.59 Å². The highest BCUT2D eigenvalue weighted by Gasteiger charge is 2.29. The van der Waals surface area contributed by atoms with Crippen LogP contribution in [0, 0.1) is 5.92 Å². The van der Waals surface area contributed by atoms with Crippen molar-refractivity contribution in [2.24, 2.45) is 5.92 Å². The molecule has 0 saturated carbocycles. The molecule has 1 fully saturated rings. The van der Waals surface area contributed by atoms with Gasteiger partial charge in [-0.05, 0) is 12.3 Å². The molecular weight excluding hydrogens is 346 g/mol. The van der Waals surface area contributed by atoms with E-state index in [-0.39, 0.29) is 17.5 Å². The van der Waals surface area contributed by atoms with Gasteiger partial charge in [0.1, 0.15) is 6.04 Å². The number of carbonyl (C=O) groups excluding carboxylic acids is 2. The number of nitrogens with zero attached hydrogens (tertiary/aromatic N) is 2. The van der Waals surface area contributed by atoms with Crippen LogP contribution in [0.5, 0.6) is 0 Å². The second-order valence-electron chi connectivity index (χ2n) is 7.04. The number of aromatic nitrogens is 1. The van der Waals surface area contributed by atoms with Crippen LogP contribution >= 0.6 is 0 Å². The van der Waals surface area contributed by atoms with Gasteiger partial charge in [-0.2, -0.15) is 0 Å². The highest BCUT2D eigenvalue weighted by molar-refractivity contribution is 5.96. The van der Waals surface area contributed by atoms with Gasteiger partial charge in [-0.25, -0.2) is 0 Å². The Hall–Kier alpha value is -2.67. The van der Waals surface area contributed by atoms with Gasteiger partial charge in [0.25, 0.3) is 5.91 Å². The molecule has 2 amide bonds. The first-order valence-electron chi connectivity index (χ1n) is 9.24. The molecule has 1 aromatic heterocycles. The van der Waals surface area contributed by atoms with Crippen LogP contribution in [0.15, 0.2) is 40.9 Å². The van der Waals surface area contributed by atoms with Crippen LogP contribution in [0.25, 0.3) is 11.3 Å². The van der Waals surface area contributed by atoms with E-state index in [4.69, 9.17) is 9.26 Å². The topological polar surface area (TPSA) is 84.7 Å². The third-order valence-electron chi connectivity index (χ3n) is 4.43. The van der Waals surface area contributed by atoms with E-state index in [0.29, 0.717) is 38.5 Å². The molecule has 0 unspecified atom stereocenters. The zero-order valence-electron chi connectivity index (χ0n) is 15.7. The van der Waals surface area contributed by atoms with Gasteiger partial charge in [0, 0.05) is 24.7 Å². The van der Waals surface area contributed by atoms with Gasteiger partial charge in [0.05, 0.1) is 13.2 Å². The van der Waals surface area contributed by atoms with Crippen LogP contribution < -0.4 is 5.32 Å². The Morgan fingerprint density at radius 3 is 2.56 bits per heavy atom. The Balaban J connectivity index is 1.70. The van der Waals surface area contributed by atoms with Gasteiger partial charge < -0.3 is 19.5 Å². The molecule has 1 atom stereocenters. The van der Waals surface area contributed by atoms with Crippen LogP contribution in [0.1, 0.15) is 30.8 Å². The average molecular weight is 371 g/mol. The summed E-state index contributed by atoms with van der Waals surface area (Å²) in [5.74, 6) is 0.290. The lowest BCUT2D eigenvalue weighted by molar-refractivity contribution is -0.137. The molecule has 0 bridgehead atoms. The first kappa shape index (κ1) is 19.1. The number of hydrogen-bond acceptors (Lipinski definition) is 5. The maximum Gasteiger partial charge on any atom is 0.274 e. The van der Waals surface area contributed by atoms with E-state index in [1.807, 2.05) is 44.2 Å². The predicted octanol–water partition coefficient (Wildman–Crippen LogP) is 2.34. The molecule has 0 spiro atoms. The van der Waals surface area contributed by atoms with Crippen LogP contribution in [0.2, 0.25) is 0 Å². The van der Waals surface area contributed by atoms with Crippen molar-refractivity contribution in [2.75, 3.05) is 26.3 Å². The number of benzene rings is 1. The zero-order valence-corrected chi connectivity index (χ0v) is 15.7. The van der Waals surface area contributed by atoms with E-state index < -0.39 is 11.9 Å². The summed E-state index contributed by atoms with van der Waals surface area (Å²) in [6.07, 6.45) is 0.561. The number of carbonyl (C=O) groups is 2. The van der Waals surface area contributed by atoms with E-state index in [0.717, 1.165) is 5.56 Å². The van der Waals surface area contributed by atoms with Crippen molar-refractivity contribution in [3.8, 4) is 11.3 Å². The lowest BCUT2D eigenvalue weighted by atomic mass is 10.0. The van der Waals surface area contributed by atoms with Crippen molar-refractivity contribution in [1.29, 1.82) is 0 Å². The Kier molecular flexibility index (Phi) is 6.24. The fourth-order valence-corrected chi connectivity index (χ4v) is 3.05. The van der Waals surface area contributed by atoms with E-state index in [9.17, 15) is 9.59 Å². The molecule has 144 valence electrons. The van der Waals surface area contributed by atoms with Gasteiger partial charge in [0.15, 0.2) is 11.5 Å². The summed E-state index contributed by atoms with van der Waals surface area (Å²) in [6, 6.07) is 10.4. The highest BCUT2D eigenvalue weighted by Crippen LogP contribution is 2.20. The molecular formula is C20H25N3O4. The predicted molar refractivity (Wildman–Crippen MR) is 100 cm³/mol. The van der Waals surface area contributed by atoms with Crippen molar-refractivity contribution in [3.05, 3.63) is 42.1 Å². The normalized spacial score (nSPS) is 15.6. The molecule has 1 aromatic carbocycles. The van der Waals surface area contributed by atoms with E-state index >= 15 is 0 Å². The second kappa shape index (κ2) is 8.81. The lowest BCUT2D eigenvalue weighted by Crippen LogP contribution is -2.52. The van der Waals surface area contributed by atoms with E-state index in [2.05, 4.69) is 10.5 Å². The first-order valence-corrected chi connectivity index (χ1v) is 9.24. The van der Waals surface area contributed by atoms with Crippen molar-refractivity contribution in [3.63, 3.8) is 0 Å². The SMILES string of the molecule is CC(C)C[C@H](NC(=O)c1cc(-c2ccccc2)on1)C(=O)N1CCOCC1. The summed E-state index contributed by atoms with van der Waals surface area (Å²) in [6.45, 7) is 6.19. The zero-order chi connectivity index (χ0) is 19.2. The van der Waals surface area contributed by atoms with Crippen molar-refractivity contribution in [1.82, 2.24) is 15.4 Å². The molecule has 1 aliphatic rings. The molecule has 0 aliphatic carbocycles. The van der Waals surface area contributed by atoms with Crippen molar-refractivity contribution >= 4 is 11.8 Å². The van der Waals surface area contributed by atoms with Crippen LogP contribution in [0.3, 0.4) is 0 Å². The Morgan fingerprint density at radius 1 is 1.19 bits per heavy atom. The average Bonchev–Trinajstić information content (AvgIpc) is 3.18. The third kappa shape index (κ3) is 4.95. The number of rotatable bonds is 6. The monoisotopic (exact) mass is 371 g/mol. The third-order valence-corrected chi connectivity index (χ3v) is 4.43. The molecule has 1 N–H and O–H groups in total. The quantitative estimate of drug-likeness (QED) is 0.842. The highest BCUT2D eigenvalue weighted by atomic mass is 16.5. The van der Waals surface area contributed by atoms with Crippen LogP contribution in [-0.4, -0.2) is 54.2 Å². The van der Waals surface area contributed by atoms with Gasteiger partial charge >= 0.3 is 0 Å². The van der Waals surface area contributed by atoms with Gasteiger partial charge in [-0.1, -0.05) is 49.3 Å². The maximum atomic E-state index is 12.8. The number of hydrogen-bond donors (Lipinski definition) is 1. The van der Waals surface area contributed by atoms with Crippen molar-refractivity contribution < 1.29 is 18.8 Å².